The maximum atomic E-state index is 10.8. The van der Waals surface area contributed by atoms with Crippen molar-refractivity contribution in [3.05, 3.63) is 11.6 Å². The van der Waals surface area contributed by atoms with E-state index in [0.717, 1.165) is 31.1 Å². The van der Waals surface area contributed by atoms with E-state index in [2.05, 4.69) is 0 Å². The Hall–Kier alpha value is -0.830. The average Bonchev–Trinajstić information content (AvgIpc) is 2.25. The summed E-state index contributed by atoms with van der Waals surface area (Å²) >= 11 is 0. The Balaban J connectivity index is 1.76. The van der Waals surface area contributed by atoms with Gasteiger partial charge in [-0.2, -0.15) is 0 Å². The molecule has 0 spiro atoms. The maximum Gasteiger partial charge on any atom is 0.330 e. The van der Waals surface area contributed by atoms with E-state index in [4.69, 9.17) is 5.11 Å². The maximum absolute atomic E-state index is 10.8. The monoisotopic (exact) mass is 250 g/mol. The van der Waals surface area contributed by atoms with E-state index in [1.807, 2.05) is 6.08 Å². The number of aliphatic carboxylic acids is 1. The summed E-state index contributed by atoms with van der Waals surface area (Å²) in [5.41, 5.74) is -0.0864. The van der Waals surface area contributed by atoms with Crippen LogP contribution in [0.1, 0.15) is 45.4 Å². The summed E-state index contributed by atoms with van der Waals surface area (Å²) in [7, 11) is 0. The van der Waals surface area contributed by atoms with E-state index in [1.54, 1.807) is 6.92 Å². The van der Waals surface area contributed by atoms with Gasteiger partial charge >= 0.3 is 5.97 Å². The summed E-state index contributed by atoms with van der Waals surface area (Å²) in [6.07, 6.45) is 8.27. The van der Waals surface area contributed by atoms with E-state index in [9.17, 15) is 9.90 Å². The molecular weight excluding hydrogens is 228 g/mol. The van der Waals surface area contributed by atoms with Crippen LogP contribution in [0.2, 0.25) is 0 Å². The van der Waals surface area contributed by atoms with Crippen LogP contribution in [0, 0.1) is 23.7 Å². The quantitative estimate of drug-likeness (QED) is 0.757. The molecule has 0 aliphatic heterocycles. The van der Waals surface area contributed by atoms with Gasteiger partial charge in [0.15, 0.2) is 0 Å². The second kappa shape index (κ2) is 4.09. The molecule has 2 N–H and O–H groups in total. The minimum Gasteiger partial charge on any atom is -0.478 e. The third kappa shape index (κ3) is 1.89. The van der Waals surface area contributed by atoms with Crippen LogP contribution in [0.5, 0.6) is 0 Å². The summed E-state index contributed by atoms with van der Waals surface area (Å²) in [5, 5.41) is 19.7. The van der Waals surface area contributed by atoms with Gasteiger partial charge in [0.25, 0.3) is 0 Å². The molecule has 4 fully saturated rings. The van der Waals surface area contributed by atoms with Gasteiger partial charge < -0.3 is 10.2 Å². The van der Waals surface area contributed by atoms with Crippen LogP contribution in [-0.4, -0.2) is 21.8 Å². The first-order chi connectivity index (χ1) is 8.48. The Bertz CT molecular complexity index is 385. The molecule has 0 amide bonds. The lowest BCUT2D eigenvalue weighted by Gasteiger charge is -2.59. The fourth-order valence-electron chi connectivity index (χ4n) is 4.91. The zero-order valence-corrected chi connectivity index (χ0v) is 10.9. The Kier molecular flexibility index (Phi) is 2.77. The van der Waals surface area contributed by atoms with Crippen molar-refractivity contribution >= 4 is 5.97 Å². The molecule has 3 heteroatoms. The third-order valence-corrected chi connectivity index (χ3v) is 5.50. The van der Waals surface area contributed by atoms with Gasteiger partial charge in [-0.3, -0.25) is 0 Å². The highest BCUT2D eigenvalue weighted by Gasteiger charge is 2.55. The predicted octanol–water partition coefficient (Wildman–Crippen LogP) is 2.59. The average molecular weight is 250 g/mol. The normalized spacial score (nSPS) is 46.4. The molecule has 3 nitrogen and oxygen atoms in total. The first-order valence-electron chi connectivity index (χ1n) is 7.10. The van der Waals surface area contributed by atoms with E-state index in [1.165, 1.54) is 19.3 Å². The van der Waals surface area contributed by atoms with Gasteiger partial charge in [-0.1, -0.05) is 6.08 Å². The van der Waals surface area contributed by atoms with Crippen molar-refractivity contribution in [2.24, 2.45) is 23.7 Å². The Morgan fingerprint density at radius 1 is 1.28 bits per heavy atom. The fraction of sp³-hybridized carbons (Fsp3) is 0.800. The lowest BCUT2D eigenvalue weighted by Crippen LogP contribution is -2.56. The van der Waals surface area contributed by atoms with Crippen LogP contribution in [0.4, 0.5) is 0 Å². The molecule has 4 aliphatic rings. The minimum atomic E-state index is -0.842. The first kappa shape index (κ1) is 12.2. The van der Waals surface area contributed by atoms with Crippen LogP contribution in [-0.2, 0) is 4.79 Å². The van der Waals surface area contributed by atoms with E-state index < -0.39 is 11.6 Å². The van der Waals surface area contributed by atoms with Gasteiger partial charge in [0, 0.05) is 5.57 Å². The zero-order chi connectivity index (χ0) is 12.9. The first-order valence-corrected chi connectivity index (χ1v) is 7.10. The predicted molar refractivity (Wildman–Crippen MR) is 68.0 cm³/mol. The van der Waals surface area contributed by atoms with Crippen molar-refractivity contribution in [3.8, 4) is 0 Å². The van der Waals surface area contributed by atoms with Gasteiger partial charge in [0.1, 0.15) is 0 Å². The van der Waals surface area contributed by atoms with Crippen molar-refractivity contribution in [3.63, 3.8) is 0 Å². The van der Waals surface area contributed by atoms with Crippen molar-refractivity contribution in [2.75, 3.05) is 0 Å². The largest absolute Gasteiger partial charge is 0.478 e. The molecule has 4 rings (SSSR count). The highest BCUT2D eigenvalue weighted by Crippen LogP contribution is 2.59. The van der Waals surface area contributed by atoms with Gasteiger partial charge in [0.2, 0.25) is 0 Å². The van der Waals surface area contributed by atoms with E-state index in [0.29, 0.717) is 17.4 Å². The van der Waals surface area contributed by atoms with Crippen LogP contribution in [0.3, 0.4) is 0 Å². The molecule has 3 unspecified atom stereocenters. The van der Waals surface area contributed by atoms with E-state index >= 15 is 0 Å². The molecule has 100 valence electrons. The summed E-state index contributed by atoms with van der Waals surface area (Å²) in [6.45, 7) is 1.64. The molecule has 0 heterocycles. The molecular formula is C15H22O3. The molecule has 4 bridgehead atoms. The Labute approximate surface area is 108 Å². The number of hydrogen-bond donors (Lipinski definition) is 2. The van der Waals surface area contributed by atoms with Gasteiger partial charge in [-0.05, 0) is 69.1 Å². The van der Waals surface area contributed by atoms with Gasteiger partial charge in [0.05, 0.1) is 5.60 Å². The molecule has 4 aliphatic carbocycles. The number of carbonyl (C=O) groups is 1. The molecule has 3 atom stereocenters. The SMILES string of the molecule is CC(=CCC1C2CC3CC(C2)CC1(O)C3)C(=O)O. The second-order valence-electron chi connectivity index (χ2n) is 6.75. The van der Waals surface area contributed by atoms with Crippen LogP contribution in [0.25, 0.3) is 0 Å². The zero-order valence-electron chi connectivity index (χ0n) is 10.9. The van der Waals surface area contributed by atoms with Crippen molar-refractivity contribution in [2.45, 2.75) is 51.0 Å². The number of hydrogen-bond acceptors (Lipinski definition) is 2. The van der Waals surface area contributed by atoms with Crippen molar-refractivity contribution in [1.29, 1.82) is 0 Å². The minimum absolute atomic E-state index is 0.291. The molecule has 0 radical (unpaired) electrons. The fourth-order valence-corrected chi connectivity index (χ4v) is 4.91. The molecule has 0 aromatic rings. The summed E-state index contributed by atoms with van der Waals surface area (Å²) in [4.78, 5) is 10.8. The smallest absolute Gasteiger partial charge is 0.330 e. The lowest BCUT2D eigenvalue weighted by molar-refractivity contribution is -0.170. The molecule has 0 aromatic heterocycles. The number of carboxylic acids is 1. The summed E-state index contributed by atoms with van der Waals surface area (Å²) < 4.78 is 0. The third-order valence-electron chi connectivity index (χ3n) is 5.50. The Morgan fingerprint density at radius 2 is 1.89 bits per heavy atom. The number of allylic oxidation sites excluding steroid dienone is 1. The lowest BCUT2D eigenvalue weighted by atomic mass is 9.49. The van der Waals surface area contributed by atoms with Crippen molar-refractivity contribution in [1.82, 2.24) is 0 Å². The van der Waals surface area contributed by atoms with E-state index in [-0.39, 0.29) is 0 Å². The molecule has 0 aromatic carbocycles. The Morgan fingerprint density at radius 3 is 2.39 bits per heavy atom. The number of carboxylic acid groups (broad SMARTS) is 1. The number of aliphatic hydroxyl groups is 1. The second-order valence-corrected chi connectivity index (χ2v) is 6.75. The van der Waals surface area contributed by atoms with Crippen LogP contribution in [0.15, 0.2) is 11.6 Å². The van der Waals surface area contributed by atoms with Crippen LogP contribution < -0.4 is 0 Å². The summed E-state index contributed by atoms with van der Waals surface area (Å²) in [5.74, 6) is 1.53. The molecule has 0 saturated heterocycles. The molecule has 18 heavy (non-hydrogen) atoms. The summed E-state index contributed by atoms with van der Waals surface area (Å²) in [6, 6.07) is 0. The van der Waals surface area contributed by atoms with Gasteiger partial charge in [-0.25, -0.2) is 4.79 Å². The van der Waals surface area contributed by atoms with Crippen LogP contribution >= 0.6 is 0 Å². The highest BCUT2D eigenvalue weighted by atomic mass is 16.4. The van der Waals surface area contributed by atoms with Crippen molar-refractivity contribution < 1.29 is 15.0 Å². The topological polar surface area (TPSA) is 57.5 Å². The number of rotatable bonds is 3. The van der Waals surface area contributed by atoms with Gasteiger partial charge in [-0.15, -0.1) is 0 Å². The standard InChI is InChI=1S/C15H22O3/c1-9(14(16)17)2-3-13-12-5-10-4-11(6-12)8-15(13,18)7-10/h2,10-13,18H,3-8H2,1H3,(H,16,17). The molecule has 4 saturated carbocycles. The highest BCUT2D eigenvalue weighted by molar-refractivity contribution is 5.85.